The van der Waals surface area contributed by atoms with E-state index in [-0.39, 0.29) is 11.4 Å². The predicted octanol–water partition coefficient (Wildman–Crippen LogP) is 1.92. The molecule has 1 spiro atoms. The van der Waals surface area contributed by atoms with Crippen LogP contribution in [-0.2, 0) is 11.8 Å². The summed E-state index contributed by atoms with van der Waals surface area (Å²) in [6, 6.07) is 0.541. The van der Waals surface area contributed by atoms with Crippen LogP contribution in [0.15, 0.2) is 12.4 Å². The summed E-state index contributed by atoms with van der Waals surface area (Å²) in [5.74, 6) is 0.954. The van der Waals surface area contributed by atoms with Crippen LogP contribution in [0, 0.1) is 5.92 Å². The molecule has 1 aromatic rings. The van der Waals surface area contributed by atoms with Crippen molar-refractivity contribution in [2.45, 2.75) is 50.1 Å². The second-order valence-electron chi connectivity index (χ2n) is 8.20. The number of aryl methyl sites for hydroxylation is 1. The molecule has 4 rings (SSSR count). The van der Waals surface area contributed by atoms with Gasteiger partial charge in [-0.3, -0.25) is 14.4 Å². The summed E-state index contributed by atoms with van der Waals surface area (Å²) >= 11 is 0. The maximum absolute atomic E-state index is 12.6. The SMILES string of the molecule is CN1[C@H](COCC2CC2)CCC12CCN(C(=O)c1cnn(C)c1)CC2. The van der Waals surface area contributed by atoms with Gasteiger partial charge >= 0.3 is 0 Å². The zero-order valence-corrected chi connectivity index (χ0v) is 15.5. The molecule has 2 saturated heterocycles. The van der Waals surface area contributed by atoms with Crippen molar-refractivity contribution in [2.75, 3.05) is 33.4 Å². The van der Waals surface area contributed by atoms with Gasteiger partial charge in [-0.15, -0.1) is 0 Å². The molecular formula is C19H30N4O2. The van der Waals surface area contributed by atoms with E-state index in [4.69, 9.17) is 4.74 Å². The normalized spacial score (nSPS) is 26.5. The van der Waals surface area contributed by atoms with Gasteiger partial charge in [-0.1, -0.05) is 0 Å². The van der Waals surface area contributed by atoms with Gasteiger partial charge in [0, 0.05) is 44.5 Å². The molecule has 0 bridgehead atoms. The van der Waals surface area contributed by atoms with Gasteiger partial charge in [0.2, 0.25) is 0 Å². The number of ether oxygens (including phenoxy) is 1. The van der Waals surface area contributed by atoms with Crippen LogP contribution in [0.1, 0.15) is 48.9 Å². The fraction of sp³-hybridized carbons (Fsp3) is 0.789. The third kappa shape index (κ3) is 3.47. The molecule has 1 aliphatic carbocycles. The lowest BCUT2D eigenvalue weighted by molar-refractivity contribution is 0.0172. The summed E-state index contributed by atoms with van der Waals surface area (Å²) in [6.45, 7) is 3.50. The number of amides is 1. The number of hydrogen-bond donors (Lipinski definition) is 0. The van der Waals surface area contributed by atoms with E-state index < -0.39 is 0 Å². The largest absolute Gasteiger partial charge is 0.380 e. The predicted molar refractivity (Wildman–Crippen MR) is 95.4 cm³/mol. The van der Waals surface area contributed by atoms with Crippen LogP contribution < -0.4 is 0 Å². The highest BCUT2D eigenvalue weighted by Gasteiger charge is 2.46. The van der Waals surface area contributed by atoms with Gasteiger partial charge in [0.05, 0.1) is 18.4 Å². The number of aromatic nitrogens is 2. The first-order chi connectivity index (χ1) is 12.1. The summed E-state index contributed by atoms with van der Waals surface area (Å²) in [5, 5.41) is 4.12. The number of hydrogen-bond acceptors (Lipinski definition) is 4. The maximum Gasteiger partial charge on any atom is 0.257 e. The number of carbonyl (C=O) groups is 1. The summed E-state index contributed by atoms with van der Waals surface area (Å²) in [6.07, 6.45) is 10.8. The topological polar surface area (TPSA) is 50.6 Å². The molecule has 0 radical (unpaired) electrons. The number of piperidine rings is 1. The molecule has 1 amide bonds. The van der Waals surface area contributed by atoms with E-state index in [0.717, 1.165) is 45.1 Å². The minimum Gasteiger partial charge on any atom is -0.380 e. The highest BCUT2D eigenvalue weighted by molar-refractivity contribution is 5.93. The summed E-state index contributed by atoms with van der Waals surface area (Å²) in [4.78, 5) is 17.2. The lowest BCUT2D eigenvalue weighted by Crippen LogP contribution is -2.54. The van der Waals surface area contributed by atoms with Crippen LogP contribution in [0.25, 0.3) is 0 Å². The van der Waals surface area contributed by atoms with E-state index in [1.54, 1.807) is 10.9 Å². The monoisotopic (exact) mass is 346 g/mol. The van der Waals surface area contributed by atoms with Crippen LogP contribution in [0.3, 0.4) is 0 Å². The Labute approximate surface area is 150 Å². The fourth-order valence-corrected chi connectivity index (χ4v) is 4.49. The molecule has 0 aromatic carbocycles. The van der Waals surface area contributed by atoms with Crippen LogP contribution >= 0.6 is 0 Å². The summed E-state index contributed by atoms with van der Waals surface area (Å²) in [7, 11) is 4.11. The average molecular weight is 346 g/mol. The zero-order valence-electron chi connectivity index (χ0n) is 15.5. The highest BCUT2D eigenvalue weighted by atomic mass is 16.5. The number of carbonyl (C=O) groups excluding carboxylic acids is 1. The van der Waals surface area contributed by atoms with Gasteiger partial charge in [-0.2, -0.15) is 5.10 Å². The molecule has 2 aliphatic heterocycles. The average Bonchev–Trinajstić information content (AvgIpc) is 3.27. The Hall–Kier alpha value is -1.40. The smallest absolute Gasteiger partial charge is 0.257 e. The minimum atomic E-state index is 0.118. The molecule has 138 valence electrons. The minimum absolute atomic E-state index is 0.118. The first-order valence-electron chi connectivity index (χ1n) is 9.66. The number of rotatable bonds is 5. The molecule has 6 heteroatoms. The molecule has 3 fully saturated rings. The number of likely N-dealkylation sites (tertiary alicyclic amines) is 2. The Morgan fingerprint density at radius 3 is 2.60 bits per heavy atom. The lowest BCUT2D eigenvalue weighted by Gasteiger charge is -2.45. The van der Waals surface area contributed by atoms with Crippen LogP contribution in [-0.4, -0.2) is 70.4 Å². The number of nitrogens with zero attached hydrogens (tertiary/aromatic N) is 4. The van der Waals surface area contributed by atoms with Gasteiger partial charge in [0.1, 0.15) is 0 Å². The first kappa shape index (κ1) is 17.0. The van der Waals surface area contributed by atoms with Crippen molar-refractivity contribution in [1.82, 2.24) is 19.6 Å². The highest BCUT2D eigenvalue weighted by Crippen LogP contribution is 2.41. The summed E-state index contributed by atoms with van der Waals surface area (Å²) in [5.41, 5.74) is 0.962. The van der Waals surface area contributed by atoms with Gasteiger partial charge in [-0.05, 0) is 51.5 Å². The Bertz CT molecular complexity index is 617. The van der Waals surface area contributed by atoms with Crippen molar-refractivity contribution in [1.29, 1.82) is 0 Å². The first-order valence-corrected chi connectivity index (χ1v) is 9.66. The van der Waals surface area contributed by atoms with Crippen molar-refractivity contribution < 1.29 is 9.53 Å². The zero-order chi connectivity index (χ0) is 17.4. The van der Waals surface area contributed by atoms with Crippen molar-refractivity contribution in [3.63, 3.8) is 0 Å². The molecule has 1 aromatic heterocycles. The van der Waals surface area contributed by atoms with Gasteiger partial charge < -0.3 is 9.64 Å². The molecule has 6 nitrogen and oxygen atoms in total. The molecule has 3 aliphatic rings. The van der Waals surface area contributed by atoms with E-state index >= 15 is 0 Å². The van der Waals surface area contributed by atoms with Crippen LogP contribution in [0.5, 0.6) is 0 Å². The standard InChI is InChI=1S/C19H30N4O2/c1-21-12-16(11-20-21)18(24)23-9-7-19(8-10-23)6-5-17(22(19)2)14-25-13-15-3-4-15/h11-12,15,17H,3-10,13-14H2,1-2H3/t17-/m0/s1. The van der Waals surface area contributed by atoms with Crippen molar-refractivity contribution >= 4 is 5.91 Å². The molecule has 0 unspecified atom stereocenters. The Balaban J connectivity index is 1.30. The van der Waals surface area contributed by atoms with Crippen LogP contribution in [0.2, 0.25) is 0 Å². The summed E-state index contributed by atoms with van der Waals surface area (Å²) < 4.78 is 7.64. The quantitative estimate of drug-likeness (QED) is 0.817. The second kappa shape index (κ2) is 6.72. The van der Waals surface area contributed by atoms with Gasteiger partial charge in [-0.25, -0.2) is 0 Å². The maximum atomic E-state index is 12.6. The van der Waals surface area contributed by atoms with Gasteiger partial charge in [0.15, 0.2) is 0 Å². The lowest BCUT2D eigenvalue weighted by atomic mass is 9.85. The molecule has 0 N–H and O–H groups in total. The van der Waals surface area contributed by atoms with Gasteiger partial charge in [0.25, 0.3) is 5.91 Å². The Kier molecular flexibility index (Phi) is 4.58. The van der Waals surface area contributed by atoms with Crippen molar-refractivity contribution in [3.8, 4) is 0 Å². The third-order valence-electron chi connectivity index (χ3n) is 6.53. The third-order valence-corrected chi connectivity index (χ3v) is 6.53. The molecule has 1 atom stereocenters. The molecule has 25 heavy (non-hydrogen) atoms. The Morgan fingerprint density at radius 1 is 1.20 bits per heavy atom. The molecule has 3 heterocycles. The fourth-order valence-electron chi connectivity index (χ4n) is 4.49. The van der Waals surface area contributed by atoms with Crippen molar-refractivity contribution in [2.24, 2.45) is 13.0 Å². The van der Waals surface area contributed by atoms with E-state index in [0.29, 0.717) is 11.6 Å². The van der Waals surface area contributed by atoms with E-state index in [9.17, 15) is 4.79 Å². The van der Waals surface area contributed by atoms with E-state index in [1.807, 2.05) is 18.1 Å². The molecular weight excluding hydrogens is 316 g/mol. The van der Waals surface area contributed by atoms with Crippen LogP contribution in [0.4, 0.5) is 0 Å². The Morgan fingerprint density at radius 2 is 1.96 bits per heavy atom. The number of likely N-dealkylation sites (N-methyl/N-ethyl adjacent to an activating group) is 1. The van der Waals surface area contributed by atoms with E-state index in [1.165, 1.54) is 25.7 Å². The second-order valence-corrected chi connectivity index (χ2v) is 8.20. The van der Waals surface area contributed by atoms with E-state index in [2.05, 4.69) is 17.0 Å². The van der Waals surface area contributed by atoms with Crippen molar-refractivity contribution in [3.05, 3.63) is 18.0 Å². The molecule has 1 saturated carbocycles.